The molecule has 0 amide bonds. The molecule has 1 aliphatic carbocycles. The first-order valence-corrected chi connectivity index (χ1v) is 8.79. The maximum absolute atomic E-state index is 3.82. The quantitative estimate of drug-likeness (QED) is 0.896. The van der Waals surface area contributed by atoms with Crippen LogP contribution in [-0.2, 0) is 6.54 Å². The average molecular weight is 343 g/mol. The number of piperazine rings is 1. The fourth-order valence-corrected chi connectivity index (χ4v) is 4.55. The van der Waals surface area contributed by atoms with E-state index in [9.17, 15) is 0 Å². The SMILES string of the molecule is CC1(C2CC2)CN(Cc2cc(Br)cs2)C(C)(C)CN1. The van der Waals surface area contributed by atoms with Crippen LogP contribution >= 0.6 is 27.3 Å². The molecule has 1 aromatic heterocycles. The summed E-state index contributed by atoms with van der Waals surface area (Å²) in [7, 11) is 0. The third-order valence-corrected chi connectivity index (χ3v) is 6.43. The lowest BCUT2D eigenvalue weighted by atomic mass is 9.86. The van der Waals surface area contributed by atoms with Crippen LogP contribution in [0.2, 0.25) is 0 Å². The topological polar surface area (TPSA) is 15.3 Å². The number of nitrogens with zero attached hydrogens (tertiary/aromatic N) is 1. The number of rotatable bonds is 3. The van der Waals surface area contributed by atoms with Gasteiger partial charge in [-0.2, -0.15) is 0 Å². The Balaban J connectivity index is 1.75. The Morgan fingerprint density at radius 1 is 1.42 bits per heavy atom. The van der Waals surface area contributed by atoms with Gasteiger partial charge in [0.25, 0.3) is 0 Å². The van der Waals surface area contributed by atoms with Crippen molar-refractivity contribution >= 4 is 27.3 Å². The lowest BCUT2D eigenvalue weighted by molar-refractivity contribution is 0.0186. The highest BCUT2D eigenvalue weighted by Crippen LogP contribution is 2.43. The van der Waals surface area contributed by atoms with Crippen molar-refractivity contribution in [2.75, 3.05) is 13.1 Å². The van der Waals surface area contributed by atoms with Gasteiger partial charge in [-0.3, -0.25) is 4.90 Å². The van der Waals surface area contributed by atoms with Crippen molar-refractivity contribution in [1.29, 1.82) is 0 Å². The molecule has 19 heavy (non-hydrogen) atoms. The minimum atomic E-state index is 0.241. The van der Waals surface area contributed by atoms with E-state index in [0.717, 1.165) is 19.0 Å². The van der Waals surface area contributed by atoms with E-state index in [2.05, 4.69) is 58.4 Å². The summed E-state index contributed by atoms with van der Waals surface area (Å²) in [5.74, 6) is 0.890. The molecule has 1 atom stereocenters. The second-order valence-corrected chi connectivity index (χ2v) is 8.86. The molecule has 0 spiro atoms. The maximum Gasteiger partial charge on any atom is 0.0334 e. The van der Waals surface area contributed by atoms with Crippen molar-refractivity contribution in [2.24, 2.45) is 5.92 Å². The molecule has 3 rings (SSSR count). The summed E-state index contributed by atoms with van der Waals surface area (Å²) in [4.78, 5) is 4.13. The van der Waals surface area contributed by atoms with Gasteiger partial charge in [-0.15, -0.1) is 11.3 Å². The third kappa shape index (κ3) is 2.92. The fourth-order valence-electron chi connectivity index (χ4n) is 3.09. The number of hydrogen-bond acceptors (Lipinski definition) is 3. The highest BCUT2D eigenvalue weighted by atomic mass is 79.9. The zero-order chi connectivity index (χ0) is 13.7. The van der Waals surface area contributed by atoms with Crippen LogP contribution in [0.3, 0.4) is 0 Å². The number of halogens is 1. The first-order valence-electron chi connectivity index (χ1n) is 7.12. The molecule has 1 saturated heterocycles. The Kier molecular flexibility index (Phi) is 3.57. The predicted octanol–water partition coefficient (Wildman–Crippen LogP) is 3.86. The average Bonchev–Trinajstić information content (AvgIpc) is 3.11. The minimum absolute atomic E-state index is 0.241. The molecule has 1 aromatic rings. The Morgan fingerprint density at radius 2 is 2.16 bits per heavy atom. The van der Waals surface area contributed by atoms with Crippen LogP contribution in [0, 0.1) is 5.92 Å². The molecule has 1 N–H and O–H groups in total. The Labute approximate surface area is 128 Å². The number of nitrogens with one attached hydrogen (secondary N) is 1. The summed E-state index contributed by atoms with van der Waals surface area (Å²) in [6.45, 7) is 10.5. The molecule has 0 radical (unpaired) electrons. The normalized spacial score (nSPS) is 31.6. The summed E-state index contributed by atoms with van der Waals surface area (Å²) in [6.07, 6.45) is 2.81. The molecule has 1 unspecified atom stereocenters. The fraction of sp³-hybridized carbons (Fsp3) is 0.733. The molecule has 4 heteroatoms. The van der Waals surface area contributed by atoms with E-state index in [0.29, 0.717) is 5.54 Å². The summed E-state index contributed by atoms with van der Waals surface area (Å²) in [6, 6.07) is 2.26. The molecule has 0 aromatic carbocycles. The Morgan fingerprint density at radius 3 is 2.74 bits per heavy atom. The number of hydrogen-bond donors (Lipinski definition) is 1. The van der Waals surface area contributed by atoms with Crippen molar-refractivity contribution in [1.82, 2.24) is 10.2 Å². The van der Waals surface area contributed by atoms with Crippen molar-refractivity contribution in [3.8, 4) is 0 Å². The van der Waals surface area contributed by atoms with Gasteiger partial charge >= 0.3 is 0 Å². The minimum Gasteiger partial charge on any atom is -0.308 e. The van der Waals surface area contributed by atoms with Crippen LogP contribution < -0.4 is 5.32 Å². The smallest absolute Gasteiger partial charge is 0.0334 e. The van der Waals surface area contributed by atoms with Gasteiger partial charge in [0.05, 0.1) is 0 Å². The highest BCUT2D eigenvalue weighted by Gasteiger charge is 2.48. The molecule has 1 aliphatic heterocycles. The van der Waals surface area contributed by atoms with Crippen molar-refractivity contribution in [3.05, 3.63) is 20.8 Å². The second kappa shape index (κ2) is 4.83. The van der Waals surface area contributed by atoms with E-state index in [4.69, 9.17) is 0 Å². The van der Waals surface area contributed by atoms with Gasteiger partial charge in [0.2, 0.25) is 0 Å². The van der Waals surface area contributed by atoms with Crippen molar-refractivity contribution in [2.45, 2.75) is 51.2 Å². The standard InChI is InChI=1S/C15H23BrN2S/c1-14(2)9-17-15(3,11-4-5-11)10-18(14)7-13-6-12(16)8-19-13/h6,8,11,17H,4-5,7,9-10H2,1-3H3. The van der Waals surface area contributed by atoms with E-state index >= 15 is 0 Å². The van der Waals surface area contributed by atoms with Crippen molar-refractivity contribution < 1.29 is 0 Å². The molecule has 2 heterocycles. The summed E-state index contributed by atoms with van der Waals surface area (Å²) >= 11 is 5.42. The van der Waals surface area contributed by atoms with Crippen LogP contribution in [0.25, 0.3) is 0 Å². The van der Waals surface area contributed by atoms with Gasteiger partial charge in [0.15, 0.2) is 0 Å². The summed E-state index contributed by atoms with van der Waals surface area (Å²) < 4.78 is 1.21. The van der Waals surface area contributed by atoms with E-state index in [1.54, 1.807) is 0 Å². The van der Waals surface area contributed by atoms with Gasteiger partial charge < -0.3 is 5.32 Å². The molecule has 1 saturated carbocycles. The van der Waals surface area contributed by atoms with E-state index in [1.165, 1.54) is 28.7 Å². The monoisotopic (exact) mass is 342 g/mol. The van der Waals surface area contributed by atoms with Crippen LogP contribution in [0.4, 0.5) is 0 Å². The first kappa shape index (κ1) is 14.1. The van der Waals surface area contributed by atoms with Gasteiger partial charge in [-0.25, -0.2) is 0 Å². The molecule has 2 nitrogen and oxygen atoms in total. The summed E-state index contributed by atoms with van der Waals surface area (Å²) in [5, 5.41) is 6.01. The zero-order valence-electron chi connectivity index (χ0n) is 12.0. The molecule has 2 fully saturated rings. The zero-order valence-corrected chi connectivity index (χ0v) is 14.4. The lowest BCUT2D eigenvalue weighted by Gasteiger charge is -2.51. The van der Waals surface area contributed by atoms with Crippen LogP contribution in [0.5, 0.6) is 0 Å². The largest absolute Gasteiger partial charge is 0.308 e. The third-order valence-electron chi connectivity index (χ3n) is 4.75. The van der Waals surface area contributed by atoms with Crippen LogP contribution in [0.1, 0.15) is 38.5 Å². The number of thiophene rings is 1. The molecule has 106 valence electrons. The highest BCUT2D eigenvalue weighted by molar-refractivity contribution is 9.10. The van der Waals surface area contributed by atoms with Crippen molar-refractivity contribution in [3.63, 3.8) is 0 Å². The second-order valence-electron chi connectivity index (χ2n) is 6.95. The molecular weight excluding hydrogens is 320 g/mol. The van der Waals surface area contributed by atoms with Crippen LogP contribution in [-0.4, -0.2) is 29.1 Å². The first-order chi connectivity index (χ1) is 8.89. The Bertz CT molecular complexity index is 466. The molecular formula is C15H23BrN2S. The molecule has 0 bridgehead atoms. The lowest BCUT2D eigenvalue weighted by Crippen LogP contribution is -2.67. The predicted molar refractivity (Wildman–Crippen MR) is 85.6 cm³/mol. The van der Waals surface area contributed by atoms with Gasteiger partial charge in [-0.1, -0.05) is 0 Å². The maximum atomic E-state index is 3.82. The van der Waals surface area contributed by atoms with Gasteiger partial charge in [0, 0.05) is 45.4 Å². The molecule has 2 aliphatic rings. The Hall–Kier alpha value is 0.1000. The van der Waals surface area contributed by atoms with E-state index < -0.39 is 0 Å². The van der Waals surface area contributed by atoms with Gasteiger partial charge in [0.1, 0.15) is 0 Å². The van der Waals surface area contributed by atoms with E-state index in [1.807, 2.05) is 11.3 Å². The van der Waals surface area contributed by atoms with Gasteiger partial charge in [-0.05, 0) is 61.5 Å². The van der Waals surface area contributed by atoms with E-state index in [-0.39, 0.29) is 5.54 Å². The van der Waals surface area contributed by atoms with Crippen LogP contribution in [0.15, 0.2) is 15.9 Å². The summed E-state index contributed by atoms with van der Waals surface area (Å²) in [5.41, 5.74) is 0.564.